The molecular formula is C24H31NO3. The molecule has 0 spiro atoms. The molecule has 28 heavy (non-hydrogen) atoms. The summed E-state index contributed by atoms with van der Waals surface area (Å²) < 4.78 is 0. The van der Waals surface area contributed by atoms with Crippen molar-refractivity contribution in [3.63, 3.8) is 0 Å². The number of nitrogens with zero attached hydrogens (tertiary/aromatic N) is 1. The highest BCUT2D eigenvalue weighted by atomic mass is 16.3. The second-order valence-electron chi connectivity index (χ2n) is 9.74. The summed E-state index contributed by atoms with van der Waals surface area (Å²) in [7, 11) is 0. The van der Waals surface area contributed by atoms with Crippen molar-refractivity contribution in [1.82, 2.24) is 4.98 Å². The van der Waals surface area contributed by atoms with Gasteiger partial charge in [-0.15, -0.1) is 0 Å². The van der Waals surface area contributed by atoms with E-state index in [-0.39, 0.29) is 35.4 Å². The maximum absolute atomic E-state index is 11.2. The van der Waals surface area contributed by atoms with E-state index in [0.717, 1.165) is 37.7 Å². The van der Waals surface area contributed by atoms with Gasteiger partial charge in [0.2, 0.25) is 0 Å². The van der Waals surface area contributed by atoms with Gasteiger partial charge in [0.05, 0.1) is 18.8 Å². The lowest BCUT2D eigenvalue weighted by molar-refractivity contribution is -0.0883. The average Bonchev–Trinajstić information content (AvgIpc) is 3.10. The number of hydrogen-bond acceptors (Lipinski definition) is 4. The van der Waals surface area contributed by atoms with Crippen molar-refractivity contribution in [1.29, 1.82) is 0 Å². The number of aliphatic hydroxyl groups is 3. The van der Waals surface area contributed by atoms with Crippen LogP contribution >= 0.6 is 0 Å². The van der Waals surface area contributed by atoms with Gasteiger partial charge in [-0.1, -0.05) is 30.7 Å². The van der Waals surface area contributed by atoms with Gasteiger partial charge < -0.3 is 15.3 Å². The normalized spacial score (nSPS) is 44.8. The van der Waals surface area contributed by atoms with Crippen molar-refractivity contribution in [2.75, 3.05) is 6.61 Å². The Balaban J connectivity index is 1.54. The van der Waals surface area contributed by atoms with Gasteiger partial charge in [-0.25, -0.2) is 0 Å². The molecule has 0 saturated heterocycles. The monoisotopic (exact) mass is 381 g/mol. The van der Waals surface area contributed by atoms with Crippen LogP contribution in [0.3, 0.4) is 0 Å². The van der Waals surface area contributed by atoms with Gasteiger partial charge in [-0.05, 0) is 78.9 Å². The Hall–Kier alpha value is -1.49. The minimum atomic E-state index is -0.490. The Kier molecular flexibility index (Phi) is 4.31. The zero-order valence-corrected chi connectivity index (χ0v) is 16.6. The van der Waals surface area contributed by atoms with E-state index in [0.29, 0.717) is 12.3 Å². The summed E-state index contributed by atoms with van der Waals surface area (Å²) in [5.74, 6) is 0.833. The van der Waals surface area contributed by atoms with Crippen molar-refractivity contribution in [3.05, 3.63) is 47.8 Å². The molecule has 0 aromatic carbocycles. The third-order valence-electron chi connectivity index (χ3n) is 8.68. The molecule has 4 heteroatoms. The summed E-state index contributed by atoms with van der Waals surface area (Å²) in [5, 5.41) is 31.9. The van der Waals surface area contributed by atoms with Gasteiger partial charge >= 0.3 is 0 Å². The lowest BCUT2D eigenvalue weighted by atomic mass is 9.46. The molecule has 150 valence electrons. The predicted molar refractivity (Wildman–Crippen MR) is 108 cm³/mol. The van der Waals surface area contributed by atoms with E-state index in [4.69, 9.17) is 0 Å². The molecule has 7 atom stereocenters. The van der Waals surface area contributed by atoms with Crippen molar-refractivity contribution >= 4 is 5.57 Å². The Morgan fingerprint density at radius 2 is 2.04 bits per heavy atom. The predicted octanol–water partition coefficient (Wildman–Crippen LogP) is 3.34. The Morgan fingerprint density at radius 1 is 1.18 bits per heavy atom. The van der Waals surface area contributed by atoms with Crippen molar-refractivity contribution in [2.24, 2.45) is 28.6 Å². The highest BCUT2D eigenvalue weighted by Crippen LogP contribution is 2.66. The molecule has 4 nitrogen and oxygen atoms in total. The molecule has 3 N–H and O–H groups in total. The topological polar surface area (TPSA) is 73.6 Å². The zero-order chi connectivity index (χ0) is 19.5. The second-order valence-corrected chi connectivity index (χ2v) is 9.74. The molecule has 1 aromatic rings. The Morgan fingerprint density at radius 3 is 2.79 bits per heavy atom. The number of aromatic nitrogens is 1. The van der Waals surface area contributed by atoms with Crippen LogP contribution in [-0.2, 0) is 0 Å². The zero-order valence-electron chi connectivity index (χ0n) is 16.6. The number of hydrogen-bond donors (Lipinski definition) is 3. The lowest BCUT2D eigenvalue weighted by Crippen LogP contribution is -2.55. The Bertz CT molecular complexity index is 818. The van der Waals surface area contributed by atoms with Crippen molar-refractivity contribution in [2.45, 2.75) is 57.7 Å². The van der Waals surface area contributed by atoms with Crippen molar-refractivity contribution in [3.8, 4) is 0 Å². The number of pyridine rings is 1. The number of rotatable bonds is 2. The van der Waals surface area contributed by atoms with Crippen LogP contribution in [0.4, 0.5) is 0 Å². The highest BCUT2D eigenvalue weighted by molar-refractivity contribution is 5.73. The Labute approximate surface area is 167 Å². The molecule has 1 aromatic heterocycles. The molecule has 0 radical (unpaired) electrons. The van der Waals surface area contributed by atoms with Crippen molar-refractivity contribution < 1.29 is 15.3 Å². The summed E-state index contributed by atoms with van der Waals surface area (Å²) in [6, 6.07) is 4.04. The third-order valence-corrected chi connectivity index (χ3v) is 8.68. The highest BCUT2D eigenvalue weighted by Gasteiger charge is 2.60. The number of fused-ring (bicyclic) bond motifs is 5. The summed E-state index contributed by atoms with van der Waals surface area (Å²) in [6.07, 6.45) is 12.7. The molecule has 0 amide bonds. The standard InChI is InChI=1S/C24H31NO3/c1-23-8-6-17(27)11-16(23)12-21(28)22-19(23)7-9-24(14-26)18(4-5-20(22)24)15-3-2-10-25-13-15/h2-4,10,12-13,17,19-22,26-28H,5-9,11,14H2,1H3. The fraction of sp³-hybridized carbons (Fsp3) is 0.625. The first-order valence-corrected chi connectivity index (χ1v) is 10.8. The van der Waals surface area contributed by atoms with Gasteiger partial charge in [0.1, 0.15) is 0 Å². The molecule has 0 bridgehead atoms. The van der Waals surface area contributed by atoms with Crippen LogP contribution in [0.25, 0.3) is 5.57 Å². The van der Waals surface area contributed by atoms with Crippen LogP contribution in [-0.4, -0.2) is 39.1 Å². The summed E-state index contributed by atoms with van der Waals surface area (Å²) in [4.78, 5) is 4.30. The fourth-order valence-electron chi connectivity index (χ4n) is 7.25. The molecule has 1 heterocycles. The first-order valence-electron chi connectivity index (χ1n) is 10.8. The molecule has 2 saturated carbocycles. The maximum atomic E-state index is 11.2. The molecule has 4 aliphatic rings. The fourth-order valence-corrected chi connectivity index (χ4v) is 7.25. The first-order chi connectivity index (χ1) is 13.5. The maximum Gasteiger partial charge on any atom is 0.0757 e. The van der Waals surface area contributed by atoms with Crippen LogP contribution in [0.15, 0.2) is 42.3 Å². The molecule has 2 fully saturated rings. The van der Waals surface area contributed by atoms with E-state index in [1.54, 1.807) is 6.20 Å². The minimum absolute atomic E-state index is 0.0712. The van der Waals surface area contributed by atoms with E-state index in [2.05, 4.69) is 30.1 Å². The smallest absolute Gasteiger partial charge is 0.0757 e. The van der Waals surface area contributed by atoms with Crippen LogP contribution in [0.1, 0.15) is 51.0 Å². The van der Waals surface area contributed by atoms with Gasteiger partial charge in [0.25, 0.3) is 0 Å². The lowest BCUT2D eigenvalue weighted by Gasteiger charge is -2.59. The van der Waals surface area contributed by atoms with Crippen LogP contribution in [0.2, 0.25) is 0 Å². The van der Waals surface area contributed by atoms with Gasteiger partial charge in [0.15, 0.2) is 0 Å². The molecular weight excluding hydrogens is 350 g/mol. The van der Waals surface area contributed by atoms with E-state index in [1.807, 2.05) is 12.3 Å². The van der Waals surface area contributed by atoms with E-state index in [9.17, 15) is 15.3 Å². The van der Waals surface area contributed by atoms with Gasteiger partial charge in [-0.3, -0.25) is 4.98 Å². The minimum Gasteiger partial charge on any atom is -0.395 e. The summed E-state index contributed by atoms with van der Waals surface area (Å²) in [5.41, 5.74) is 3.38. The van der Waals surface area contributed by atoms with Crippen LogP contribution in [0, 0.1) is 28.6 Å². The SMILES string of the molecule is CC12CCC(O)CC1=CC(O)C1C2CCC2(CO)C(c3cccnc3)=CCC12. The van der Waals surface area contributed by atoms with E-state index >= 15 is 0 Å². The molecule has 5 rings (SSSR count). The molecule has 7 unspecified atom stereocenters. The third kappa shape index (κ3) is 2.44. The number of allylic oxidation sites excluding steroid dienone is 1. The van der Waals surface area contributed by atoms with E-state index in [1.165, 1.54) is 11.1 Å². The summed E-state index contributed by atoms with van der Waals surface area (Å²) >= 11 is 0. The van der Waals surface area contributed by atoms with Gasteiger partial charge in [-0.2, -0.15) is 0 Å². The molecule has 0 aliphatic heterocycles. The average molecular weight is 382 g/mol. The van der Waals surface area contributed by atoms with Crippen LogP contribution < -0.4 is 0 Å². The largest absolute Gasteiger partial charge is 0.395 e. The summed E-state index contributed by atoms with van der Waals surface area (Å²) in [6.45, 7) is 2.48. The number of aliphatic hydroxyl groups excluding tert-OH is 3. The van der Waals surface area contributed by atoms with E-state index < -0.39 is 6.10 Å². The quantitative estimate of drug-likeness (QED) is 0.687. The van der Waals surface area contributed by atoms with Gasteiger partial charge in [0, 0.05) is 17.8 Å². The van der Waals surface area contributed by atoms with Crippen LogP contribution in [0.5, 0.6) is 0 Å². The first kappa shape index (κ1) is 18.5. The molecule has 4 aliphatic carbocycles. The second kappa shape index (κ2) is 6.51.